The predicted octanol–water partition coefficient (Wildman–Crippen LogP) is 5.65. The Morgan fingerprint density at radius 1 is 1.19 bits per heavy atom. The maximum absolute atomic E-state index is 13.3. The number of halogens is 1. The summed E-state index contributed by atoms with van der Waals surface area (Å²) in [5.74, 6) is -1.10. The second-order valence-corrected chi connectivity index (χ2v) is 9.55. The Kier molecular flexibility index (Phi) is 5.72. The van der Waals surface area contributed by atoms with Crippen LogP contribution < -0.4 is 10.4 Å². The maximum Gasteiger partial charge on any atom is 0.348 e. The van der Waals surface area contributed by atoms with Crippen LogP contribution in [0.2, 0.25) is 5.02 Å². The van der Waals surface area contributed by atoms with Gasteiger partial charge in [-0.15, -0.1) is 11.3 Å². The van der Waals surface area contributed by atoms with E-state index in [9.17, 15) is 14.5 Å². The molecular formula is C19H17ClNO4PS. The van der Waals surface area contributed by atoms with Crippen molar-refractivity contribution < 1.29 is 19.0 Å². The van der Waals surface area contributed by atoms with Crippen molar-refractivity contribution in [2.45, 2.75) is 6.92 Å². The molecule has 0 saturated heterocycles. The van der Waals surface area contributed by atoms with Crippen molar-refractivity contribution in [3.63, 3.8) is 0 Å². The van der Waals surface area contributed by atoms with Gasteiger partial charge in [0.25, 0.3) is 0 Å². The highest BCUT2D eigenvalue weighted by atomic mass is 35.5. The van der Waals surface area contributed by atoms with E-state index in [1.54, 1.807) is 48.5 Å². The van der Waals surface area contributed by atoms with Crippen molar-refractivity contribution in [3.05, 3.63) is 70.1 Å². The van der Waals surface area contributed by atoms with Crippen molar-refractivity contribution in [1.29, 1.82) is 0 Å². The summed E-state index contributed by atoms with van der Waals surface area (Å²) in [7, 11) is -2.15. The number of anilines is 1. The molecule has 27 heavy (non-hydrogen) atoms. The number of hydrogen-bond acceptors (Lipinski definition) is 4. The third-order valence-corrected chi connectivity index (χ3v) is 7.35. The molecule has 0 amide bonds. The Bertz CT molecular complexity index is 1030. The molecule has 0 spiro atoms. The standard InChI is InChI=1S/C19H17ClNO4PS/c1-12-4-3-5-15(10-12)26(24,25-2)21-16-11-17(27-18(16)19(22)23)13-6-8-14(20)9-7-13/h3-11H,1-2H3,(H,21,24)(H,22,23). The number of aryl methyl sites for hydroxylation is 1. The first-order valence-corrected chi connectivity index (χ1v) is 10.8. The minimum absolute atomic E-state index is 0.0601. The molecule has 1 aromatic heterocycles. The highest BCUT2D eigenvalue weighted by Crippen LogP contribution is 2.48. The van der Waals surface area contributed by atoms with Gasteiger partial charge in [0.2, 0.25) is 0 Å². The number of hydrogen-bond donors (Lipinski definition) is 2. The minimum Gasteiger partial charge on any atom is -0.477 e. The average Bonchev–Trinajstić information content (AvgIpc) is 3.06. The quantitative estimate of drug-likeness (QED) is 0.503. The number of rotatable bonds is 6. The predicted molar refractivity (Wildman–Crippen MR) is 111 cm³/mol. The molecule has 0 aliphatic heterocycles. The average molecular weight is 422 g/mol. The summed E-state index contributed by atoms with van der Waals surface area (Å²) in [5, 5.41) is 13.5. The van der Waals surface area contributed by atoms with Crippen molar-refractivity contribution in [1.82, 2.24) is 0 Å². The van der Waals surface area contributed by atoms with Crippen LogP contribution in [0, 0.1) is 6.92 Å². The third-order valence-electron chi connectivity index (χ3n) is 3.92. The SMILES string of the molecule is COP(=O)(Nc1cc(-c2ccc(Cl)cc2)sc1C(=O)O)c1cccc(C)c1. The van der Waals surface area contributed by atoms with Crippen LogP contribution in [0.3, 0.4) is 0 Å². The zero-order valence-corrected chi connectivity index (χ0v) is 17.1. The lowest BCUT2D eigenvalue weighted by Crippen LogP contribution is -2.14. The lowest BCUT2D eigenvalue weighted by molar-refractivity contribution is 0.0703. The van der Waals surface area contributed by atoms with E-state index >= 15 is 0 Å². The van der Waals surface area contributed by atoms with Gasteiger partial charge in [-0.25, -0.2) is 4.79 Å². The zero-order valence-electron chi connectivity index (χ0n) is 14.6. The number of aromatic carboxylic acids is 1. The van der Waals surface area contributed by atoms with Gasteiger partial charge in [0.05, 0.1) is 11.0 Å². The summed E-state index contributed by atoms with van der Waals surface area (Å²) < 4.78 is 18.6. The van der Waals surface area contributed by atoms with E-state index in [0.29, 0.717) is 10.3 Å². The first-order valence-electron chi connectivity index (χ1n) is 7.97. The van der Waals surface area contributed by atoms with E-state index in [4.69, 9.17) is 16.1 Å². The molecule has 140 valence electrons. The molecule has 0 bridgehead atoms. The molecule has 1 heterocycles. The topological polar surface area (TPSA) is 75.6 Å². The van der Waals surface area contributed by atoms with Crippen molar-refractivity contribution >= 4 is 47.4 Å². The van der Waals surface area contributed by atoms with Gasteiger partial charge in [-0.2, -0.15) is 0 Å². The maximum atomic E-state index is 13.3. The fraction of sp³-hybridized carbons (Fsp3) is 0.105. The minimum atomic E-state index is -3.48. The fourth-order valence-electron chi connectivity index (χ4n) is 2.57. The van der Waals surface area contributed by atoms with Crippen LogP contribution in [0.5, 0.6) is 0 Å². The van der Waals surface area contributed by atoms with E-state index in [1.165, 1.54) is 7.11 Å². The lowest BCUT2D eigenvalue weighted by atomic mass is 10.2. The molecule has 5 nitrogen and oxygen atoms in total. The number of carbonyl (C=O) groups is 1. The number of carboxylic acids is 1. The van der Waals surface area contributed by atoms with Crippen LogP contribution in [-0.2, 0) is 9.09 Å². The van der Waals surface area contributed by atoms with Gasteiger partial charge in [-0.3, -0.25) is 4.57 Å². The molecule has 0 saturated carbocycles. The van der Waals surface area contributed by atoms with E-state index in [0.717, 1.165) is 27.3 Å². The first-order chi connectivity index (χ1) is 12.8. The van der Waals surface area contributed by atoms with E-state index < -0.39 is 13.5 Å². The van der Waals surface area contributed by atoms with Crippen LogP contribution >= 0.6 is 30.5 Å². The second-order valence-electron chi connectivity index (χ2n) is 5.85. The molecule has 0 aliphatic rings. The zero-order chi connectivity index (χ0) is 19.6. The van der Waals surface area contributed by atoms with Crippen LogP contribution in [-0.4, -0.2) is 18.2 Å². The summed E-state index contributed by atoms with van der Waals surface area (Å²) in [4.78, 5) is 12.5. The Hall–Kier alpha value is -2.11. The highest BCUT2D eigenvalue weighted by Gasteiger charge is 2.28. The smallest absolute Gasteiger partial charge is 0.348 e. The summed E-state index contributed by atoms with van der Waals surface area (Å²) in [6.07, 6.45) is 0. The van der Waals surface area contributed by atoms with E-state index in [2.05, 4.69) is 5.09 Å². The molecule has 2 N–H and O–H groups in total. The molecule has 0 aliphatic carbocycles. The molecule has 3 rings (SSSR count). The summed E-state index contributed by atoms with van der Waals surface area (Å²) in [5.41, 5.74) is 2.00. The van der Waals surface area contributed by atoms with Gasteiger partial charge in [0.15, 0.2) is 0 Å². The molecule has 1 atom stereocenters. The summed E-state index contributed by atoms with van der Waals surface area (Å²) in [6, 6.07) is 15.9. The molecule has 1 unspecified atom stereocenters. The molecule has 0 fully saturated rings. The molecule has 0 radical (unpaired) electrons. The van der Waals surface area contributed by atoms with E-state index in [1.807, 2.05) is 13.0 Å². The van der Waals surface area contributed by atoms with Crippen LogP contribution in [0.4, 0.5) is 5.69 Å². The van der Waals surface area contributed by atoms with Crippen molar-refractivity contribution in [2.75, 3.05) is 12.2 Å². The van der Waals surface area contributed by atoms with Gasteiger partial charge in [-0.05, 0) is 42.8 Å². The lowest BCUT2D eigenvalue weighted by Gasteiger charge is -2.19. The van der Waals surface area contributed by atoms with Gasteiger partial charge in [0.1, 0.15) is 4.88 Å². The Morgan fingerprint density at radius 2 is 1.89 bits per heavy atom. The summed E-state index contributed by atoms with van der Waals surface area (Å²) >= 11 is 7.01. The number of carboxylic acid groups (broad SMARTS) is 1. The molecule has 2 aromatic carbocycles. The van der Waals surface area contributed by atoms with Gasteiger partial charge in [0, 0.05) is 17.0 Å². The Morgan fingerprint density at radius 3 is 2.48 bits per heavy atom. The molecular weight excluding hydrogens is 405 g/mol. The Labute approximate surface area is 166 Å². The largest absolute Gasteiger partial charge is 0.477 e. The second kappa shape index (κ2) is 7.87. The number of thiophene rings is 1. The van der Waals surface area contributed by atoms with Crippen LogP contribution in [0.15, 0.2) is 54.6 Å². The van der Waals surface area contributed by atoms with Crippen molar-refractivity contribution in [3.8, 4) is 10.4 Å². The number of benzene rings is 2. The normalized spacial score (nSPS) is 13.1. The van der Waals surface area contributed by atoms with Gasteiger partial charge < -0.3 is 14.7 Å². The Balaban J connectivity index is 2.03. The number of nitrogens with one attached hydrogen (secondary N) is 1. The highest BCUT2D eigenvalue weighted by molar-refractivity contribution is 7.68. The van der Waals surface area contributed by atoms with E-state index in [-0.39, 0.29) is 10.6 Å². The van der Waals surface area contributed by atoms with Crippen LogP contribution in [0.25, 0.3) is 10.4 Å². The van der Waals surface area contributed by atoms with Gasteiger partial charge in [-0.1, -0.05) is 41.4 Å². The van der Waals surface area contributed by atoms with Gasteiger partial charge >= 0.3 is 13.5 Å². The van der Waals surface area contributed by atoms with Crippen LogP contribution in [0.1, 0.15) is 15.2 Å². The molecule has 3 aromatic rings. The molecule has 8 heteroatoms. The first kappa shape index (κ1) is 19.6. The monoisotopic (exact) mass is 421 g/mol. The fourth-order valence-corrected chi connectivity index (χ4v) is 5.31. The summed E-state index contributed by atoms with van der Waals surface area (Å²) in [6.45, 7) is 1.88. The third kappa shape index (κ3) is 4.25. The van der Waals surface area contributed by atoms with Crippen molar-refractivity contribution in [2.24, 2.45) is 0 Å².